The summed E-state index contributed by atoms with van der Waals surface area (Å²) >= 11 is 0. The molecule has 0 fully saturated rings. The monoisotopic (exact) mass is 324 g/mol. The fraction of sp³-hybridized carbons (Fsp3) is 0.647. The lowest BCUT2D eigenvalue weighted by atomic mass is 10.2. The molecule has 0 aliphatic heterocycles. The number of aryl methyl sites for hydroxylation is 1. The number of nitrogens with zero attached hydrogens (tertiary/aromatic N) is 2. The number of hydrogen-bond acceptors (Lipinski definition) is 4. The first-order valence-electron chi connectivity index (χ1n) is 8.00. The Bertz CT molecular complexity index is 510. The lowest BCUT2D eigenvalue weighted by Gasteiger charge is -2.29. The molecule has 0 saturated heterocycles. The maximum absolute atomic E-state index is 12.6. The van der Waals surface area contributed by atoms with Crippen molar-refractivity contribution in [1.29, 1.82) is 0 Å². The minimum absolute atomic E-state index is 0.0125. The van der Waals surface area contributed by atoms with Gasteiger partial charge in [-0.1, -0.05) is 6.92 Å². The summed E-state index contributed by atoms with van der Waals surface area (Å²) in [5, 5.41) is 0. The van der Waals surface area contributed by atoms with Gasteiger partial charge in [-0.25, -0.2) is 0 Å². The quantitative estimate of drug-likeness (QED) is 0.699. The fourth-order valence-electron chi connectivity index (χ4n) is 2.26. The molecule has 130 valence electrons. The van der Waals surface area contributed by atoms with E-state index in [1.807, 2.05) is 32.9 Å². The van der Waals surface area contributed by atoms with Crippen molar-refractivity contribution in [3.8, 4) is 0 Å². The summed E-state index contributed by atoms with van der Waals surface area (Å²) in [4.78, 5) is 27.9. The highest BCUT2D eigenvalue weighted by Gasteiger charge is 2.23. The van der Waals surface area contributed by atoms with E-state index in [0.717, 1.165) is 11.5 Å². The van der Waals surface area contributed by atoms with Crippen molar-refractivity contribution in [3.63, 3.8) is 0 Å². The van der Waals surface area contributed by atoms with Crippen LogP contribution in [-0.2, 0) is 20.9 Å². The molecule has 23 heavy (non-hydrogen) atoms. The van der Waals surface area contributed by atoms with Crippen molar-refractivity contribution in [3.05, 3.63) is 23.7 Å². The van der Waals surface area contributed by atoms with E-state index in [4.69, 9.17) is 9.15 Å². The van der Waals surface area contributed by atoms with Crippen LogP contribution in [0.4, 0.5) is 0 Å². The Morgan fingerprint density at radius 1 is 1.26 bits per heavy atom. The van der Waals surface area contributed by atoms with Gasteiger partial charge in [0.2, 0.25) is 11.8 Å². The van der Waals surface area contributed by atoms with Gasteiger partial charge in [-0.3, -0.25) is 9.59 Å². The van der Waals surface area contributed by atoms with Gasteiger partial charge in [0.1, 0.15) is 11.5 Å². The van der Waals surface area contributed by atoms with Crippen LogP contribution in [-0.4, -0.2) is 54.5 Å². The molecule has 0 aliphatic rings. The van der Waals surface area contributed by atoms with Crippen LogP contribution in [0.2, 0.25) is 0 Å². The van der Waals surface area contributed by atoms with Gasteiger partial charge in [-0.2, -0.15) is 0 Å². The van der Waals surface area contributed by atoms with Gasteiger partial charge in [0, 0.05) is 26.1 Å². The molecule has 0 spiro atoms. The van der Waals surface area contributed by atoms with Gasteiger partial charge >= 0.3 is 0 Å². The summed E-state index contributed by atoms with van der Waals surface area (Å²) in [5.74, 6) is 1.41. The van der Waals surface area contributed by atoms with Crippen molar-refractivity contribution in [2.45, 2.75) is 46.7 Å². The molecular weight excluding hydrogens is 296 g/mol. The van der Waals surface area contributed by atoms with Gasteiger partial charge < -0.3 is 19.0 Å². The smallest absolute Gasteiger partial charge is 0.242 e. The molecular formula is C17H28N2O4. The number of methoxy groups -OCH3 is 1. The average Bonchev–Trinajstić information content (AvgIpc) is 2.92. The number of amides is 2. The number of hydrogen-bond donors (Lipinski definition) is 0. The fourth-order valence-corrected chi connectivity index (χ4v) is 2.26. The van der Waals surface area contributed by atoms with Gasteiger partial charge in [0.05, 0.1) is 19.7 Å². The van der Waals surface area contributed by atoms with Crippen LogP contribution in [0.5, 0.6) is 0 Å². The second-order valence-corrected chi connectivity index (χ2v) is 5.79. The predicted octanol–water partition coefficient (Wildman–Crippen LogP) is 2.21. The topological polar surface area (TPSA) is 63.0 Å². The summed E-state index contributed by atoms with van der Waals surface area (Å²) in [7, 11) is 1.60. The summed E-state index contributed by atoms with van der Waals surface area (Å²) in [5.41, 5.74) is 0. The van der Waals surface area contributed by atoms with Crippen molar-refractivity contribution < 1.29 is 18.7 Å². The van der Waals surface area contributed by atoms with Crippen LogP contribution in [0, 0.1) is 6.92 Å². The lowest BCUT2D eigenvalue weighted by Crippen LogP contribution is -2.46. The second kappa shape index (κ2) is 9.35. The number of carbonyl (C=O) groups excluding carboxylic acids is 2. The molecule has 0 unspecified atom stereocenters. The molecule has 0 atom stereocenters. The van der Waals surface area contributed by atoms with E-state index in [9.17, 15) is 9.59 Å². The van der Waals surface area contributed by atoms with Crippen molar-refractivity contribution >= 4 is 11.8 Å². The highest BCUT2D eigenvalue weighted by atomic mass is 16.5. The van der Waals surface area contributed by atoms with E-state index in [2.05, 4.69) is 0 Å². The first-order chi connectivity index (χ1) is 10.9. The Morgan fingerprint density at radius 2 is 1.96 bits per heavy atom. The largest absolute Gasteiger partial charge is 0.464 e. The Kier molecular flexibility index (Phi) is 7.81. The summed E-state index contributed by atoms with van der Waals surface area (Å²) in [6.07, 6.45) is 0.390. The normalized spacial score (nSPS) is 10.9. The van der Waals surface area contributed by atoms with Crippen molar-refractivity contribution in [1.82, 2.24) is 9.80 Å². The number of ether oxygens (including phenoxy) is 1. The average molecular weight is 324 g/mol. The summed E-state index contributed by atoms with van der Waals surface area (Å²) < 4.78 is 10.6. The summed E-state index contributed by atoms with van der Waals surface area (Å²) in [6, 6.07) is 3.72. The molecule has 1 rings (SSSR count). The first kappa shape index (κ1) is 19.2. The highest BCUT2D eigenvalue weighted by Crippen LogP contribution is 2.11. The van der Waals surface area contributed by atoms with E-state index in [0.29, 0.717) is 26.1 Å². The third-order valence-corrected chi connectivity index (χ3v) is 3.61. The van der Waals surface area contributed by atoms with Gasteiger partial charge in [0.25, 0.3) is 0 Å². The Labute approximate surface area is 138 Å². The predicted molar refractivity (Wildman–Crippen MR) is 87.9 cm³/mol. The van der Waals surface area contributed by atoms with Gasteiger partial charge in [0.15, 0.2) is 0 Å². The zero-order chi connectivity index (χ0) is 17.4. The number of furan rings is 1. The maximum Gasteiger partial charge on any atom is 0.242 e. The zero-order valence-electron chi connectivity index (χ0n) is 14.8. The van der Waals surface area contributed by atoms with Crippen LogP contribution in [0.25, 0.3) is 0 Å². The molecule has 0 radical (unpaired) electrons. The minimum Gasteiger partial charge on any atom is -0.464 e. The zero-order valence-corrected chi connectivity index (χ0v) is 14.8. The Hall–Kier alpha value is -1.82. The number of carbonyl (C=O) groups is 2. The molecule has 2 amide bonds. The molecule has 1 aromatic heterocycles. The third kappa shape index (κ3) is 6.06. The third-order valence-electron chi connectivity index (χ3n) is 3.61. The molecule has 6 nitrogen and oxygen atoms in total. The van der Waals surface area contributed by atoms with Crippen LogP contribution in [0.15, 0.2) is 16.5 Å². The van der Waals surface area contributed by atoms with Gasteiger partial charge in [-0.15, -0.1) is 0 Å². The van der Waals surface area contributed by atoms with E-state index < -0.39 is 0 Å². The SMILES string of the molecule is CCC(=O)N(CC(=O)N(CCOC)Cc1ccc(C)o1)C(C)C. The lowest BCUT2D eigenvalue weighted by molar-refractivity contribution is -0.142. The molecule has 0 saturated carbocycles. The van der Waals surface area contributed by atoms with Crippen molar-refractivity contribution in [2.24, 2.45) is 0 Å². The molecule has 0 aromatic carbocycles. The maximum atomic E-state index is 12.6. The van der Waals surface area contributed by atoms with Crippen LogP contribution >= 0.6 is 0 Å². The summed E-state index contributed by atoms with van der Waals surface area (Å²) in [6.45, 7) is 8.85. The van der Waals surface area contributed by atoms with Crippen molar-refractivity contribution in [2.75, 3.05) is 26.8 Å². The second-order valence-electron chi connectivity index (χ2n) is 5.79. The Morgan fingerprint density at radius 3 is 2.43 bits per heavy atom. The standard InChI is InChI=1S/C17H28N2O4/c1-6-16(20)19(13(2)3)12-17(21)18(9-10-22-5)11-15-8-7-14(4)23-15/h7-8,13H,6,9-12H2,1-5H3. The molecule has 6 heteroatoms. The van der Waals surface area contributed by atoms with E-state index in [-0.39, 0.29) is 24.4 Å². The molecule has 0 aliphatic carbocycles. The molecule has 0 N–H and O–H groups in total. The van der Waals surface area contributed by atoms with Crippen LogP contribution in [0.3, 0.4) is 0 Å². The van der Waals surface area contributed by atoms with Crippen LogP contribution < -0.4 is 0 Å². The van der Waals surface area contributed by atoms with E-state index >= 15 is 0 Å². The van der Waals surface area contributed by atoms with Crippen LogP contribution in [0.1, 0.15) is 38.7 Å². The highest BCUT2D eigenvalue weighted by molar-refractivity contribution is 5.84. The Balaban J connectivity index is 2.79. The molecule has 1 aromatic rings. The van der Waals surface area contributed by atoms with E-state index in [1.54, 1.807) is 23.8 Å². The minimum atomic E-state index is -0.105. The van der Waals surface area contributed by atoms with Gasteiger partial charge in [-0.05, 0) is 32.9 Å². The van der Waals surface area contributed by atoms with E-state index in [1.165, 1.54) is 0 Å². The molecule has 0 bridgehead atoms. The first-order valence-corrected chi connectivity index (χ1v) is 8.00. The molecule has 1 heterocycles. The number of rotatable bonds is 9.